The quantitative estimate of drug-likeness (QED) is 0.676. The first kappa shape index (κ1) is 23.6. The van der Waals surface area contributed by atoms with Gasteiger partial charge in [-0.1, -0.05) is 49.7 Å². The van der Waals surface area contributed by atoms with Crippen LogP contribution in [0.2, 0.25) is 5.02 Å². The van der Waals surface area contributed by atoms with Gasteiger partial charge >= 0.3 is 6.09 Å². The first-order chi connectivity index (χ1) is 15.3. The number of anilines is 1. The molecule has 3 rings (SSSR count). The van der Waals surface area contributed by atoms with Crippen molar-refractivity contribution in [3.05, 3.63) is 53.6 Å². The lowest BCUT2D eigenvalue weighted by atomic mass is 10.0. The maximum atomic E-state index is 13.1. The molecule has 1 aliphatic heterocycles. The van der Waals surface area contributed by atoms with E-state index in [2.05, 4.69) is 15.4 Å². The minimum Gasteiger partial charge on any atom is -0.453 e. The molecule has 0 saturated carbocycles. The van der Waals surface area contributed by atoms with Gasteiger partial charge < -0.3 is 20.3 Å². The highest BCUT2D eigenvalue weighted by atomic mass is 35.5. The van der Waals surface area contributed by atoms with Crippen LogP contribution in [0.15, 0.2) is 48.5 Å². The van der Waals surface area contributed by atoms with Crippen molar-refractivity contribution < 1.29 is 19.1 Å². The summed E-state index contributed by atoms with van der Waals surface area (Å²) in [6.45, 7) is 4.14. The fraction of sp³-hybridized carbons (Fsp3) is 0.375. The number of nitrogens with one attached hydrogen (secondary N) is 2. The van der Waals surface area contributed by atoms with Crippen molar-refractivity contribution in [1.29, 1.82) is 0 Å². The Morgan fingerprint density at radius 2 is 1.81 bits per heavy atom. The highest BCUT2D eigenvalue weighted by Gasteiger charge is 2.38. The fourth-order valence-corrected chi connectivity index (χ4v) is 3.95. The molecule has 2 aromatic carbocycles. The predicted octanol–water partition coefficient (Wildman–Crippen LogP) is 4.32. The normalized spacial score (nSPS) is 16.5. The third kappa shape index (κ3) is 5.59. The largest absolute Gasteiger partial charge is 0.453 e. The zero-order valence-corrected chi connectivity index (χ0v) is 19.2. The van der Waals surface area contributed by atoms with Crippen LogP contribution in [-0.4, -0.2) is 48.5 Å². The van der Waals surface area contributed by atoms with Crippen molar-refractivity contribution in [2.45, 2.75) is 38.8 Å². The number of ether oxygens (including phenoxy) is 1. The smallest absolute Gasteiger partial charge is 0.407 e. The van der Waals surface area contributed by atoms with Crippen LogP contribution >= 0.6 is 11.6 Å². The van der Waals surface area contributed by atoms with Crippen LogP contribution < -0.4 is 10.6 Å². The number of hydrogen-bond donors (Lipinski definition) is 2. The first-order valence-electron chi connectivity index (χ1n) is 10.6. The van der Waals surface area contributed by atoms with E-state index in [9.17, 15) is 14.4 Å². The molecule has 170 valence electrons. The van der Waals surface area contributed by atoms with Crippen LogP contribution in [-0.2, 0) is 14.3 Å². The Kier molecular flexibility index (Phi) is 7.75. The number of carbonyl (C=O) groups excluding carboxylic acids is 3. The summed E-state index contributed by atoms with van der Waals surface area (Å²) >= 11 is 5.97. The third-order valence-electron chi connectivity index (χ3n) is 5.54. The lowest BCUT2D eigenvalue weighted by molar-refractivity contribution is -0.139. The second kappa shape index (κ2) is 10.5. The van der Waals surface area contributed by atoms with E-state index in [1.807, 2.05) is 62.4 Å². The topological polar surface area (TPSA) is 87.7 Å². The van der Waals surface area contributed by atoms with Crippen molar-refractivity contribution in [2.24, 2.45) is 5.92 Å². The molecule has 0 spiro atoms. The molecule has 2 unspecified atom stereocenters. The van der Waals surface area contributed by atoms with Gasteiger partial charge in [0.05, 0.1) is 7.11 Å². The summed E-state index contributed by atoms with van der Waals surface area (Å²) in [7, 11) is 1.25. The standard InChI is InChI=1S/C24H28ClN3O4/c1-15(2)21(27-24(31)32-3)23(30)28-13-5-8-20(28)22(29)26-19-7-4-6-17(14-19)16-9-11-18(25)12-10-16/h4,6-7,9-12,14-15,20-21H,5,8,13H2,1-3H3,(H,26,29)(H,27,31). The molecule has 3 amide bonds. The van der Waals surface area contributed by atoms with Gasteiger partial charge in [0.25, 0.3) is 0 Å². The summed E-state index contributed by atoms with van der Waals surface area (Å²) in [6, 6.07) is 13.6. The minimum atomic E-state index is -0.760. The summed E-state index contributed by atoms with van der Waals surface area (Å²) in [5.41, 5.74) is 2.58. The summed E-state index contributed by atoms with van der Waals surface area (Å²) in [5, 5.41) is 6.19. The second-order valence-electron chi connectivity index (χ2n) is 8.12. The fourth-order valence-electron chi connectivity index (χ4n) is 3.83. The summed E-state index contributed by atoms with van der Waals surface area (Å²) in [6.07, 6.45) is 0.617. The van der Waals surface area contributed by atoms with Gasteiger partial charge in [0, 0.05) is 17.3 Å². The Labute approximate surface area is 193 Å². The van der Waals surface area contributed by atoms with Crippen molar-refractivity contribution in [3.63, 3.8) is 0 Å². The second-order valence-corrected chi connectivity index (χ2v) is 8.56. The molecule has 7 nitrogen and oxygen atoms in total. The summed E-state index contributed by atoms with van der Waals surface area (Å²) in [5.74, 6) is -0.676. The van der Waals surface area contributed by atoms with Gasteiger partial charge in [0.1, 0.15) is 12.1 Å². The van der Waals surface area contributed by atoms with Crippen LogP contribution in [0.3, 0.4) is 0 Å². The van der Waals surface area contributed by atoms with E-state index >= 15 is 0 Å². The Hall–Kier alpha value is -3.06. The summed E-state index contributed by atoms with van der Waals surface area (Å²) < 4.78 is 4.64. The molecule has 1 fully saturated rings. The molecule has 1 aliphatic rings. The molecule has 0 radical (unpaired) electrons. The number of alkyl carbamates (subject to hydrolysis) is 1. The summed E-state index contributed by atoms with van der Waals surface area (Å²) in [4.78, 5) is 39.4. The van der Waals surface area contributed by atoms with E-state index < -0.39 is 18.2 Å². The Balaban J connectivity index is 1.73. The van der Waals surface area contributed by atoms with E-state index in [0.29, 0.717) is 23.7 Å². The van der Waals surface area contributed by atoms with Crippen LogP contribution in [0.5, 0.6) is 0 Å². The minimum absolute atomic E-state index is 0.151. The first-order valence-corrected chi connectivity index (χ1v) is 11.0. The molecule has 1 saturated heterocycles. The number of amides is 3. The third-order valence-corrected chi connectivity index (χ3v) is 5.79. The van der Waals surface area contributed by atoms with E-state index in [1.165, 1.54) is 7.11 Å². The van der Waals surface area contributed by atoms with E-state index in [0.717, 1.165) is 17.5 Å². The molecule has 0 aromatic heterocycles. The molecule has 0 bridgehead atoms. The molecular formula is C24H28ClN3O4. The van der Waals surface area contributed by atoms with Crippen molar-refractivity contribution in [2.75, 3.05) is 19.0 Å². The van der Waals surface area contributed by atoms with Gasteiger partial charge in [-0.25, -0.2) is 4.79 Å². The molecule has 1 heterocycles. The molecular weight excluding hydrogens is 430 g/mol. The lowest BCUT2D eigenvalue weighted by Gasteiger charge is -2.30. The Morgan fingerprint density at radius 1 is 1.09 bits per heavy atom. The maximum Gasteiger partial charge on any atom is 0.407 e. The lowest BCUT2D eigenvalue weighted by Crippen LogP contribution is -2.54. The Morgan fingerprint density at radius 3 is 2.47 bits per heavy atom. The highest BCUT2D eigenvalue weighted by molar-refractivity contribution is 6.30. The van der Waals surface area contributed by atoms with Gasteiger partial charge in [0.15, 0.2) is 0 Å². The van der Waals surface area contributed by atoms with Crippen LogP contribution in [0, 0.1) is 5.92 Å². The van der Waals surface area contributed by atoms with Gasteiger partial charge in [-0.3, -0.25) is 9.59 Å². The number of nitrogens with zero attached hydrogens (tertiary/aromatic N) is 1. The Bertz CT molecular complexity index is 977. The maximum absolute atomic E-state index is 13.1. The average Bonchev–Trinajstić information content (AvgIpc) is 3.27. The number of carbonyl (C=O) groups is 3. The average molecular weight is 458 g/mol. The van der Waals surface area contributed by atoms with Gasteiger partial charge in [0.2, 0.25) is 11.8 Å². The number of likely N-dealkylation sites (tertiary alicyclic amines) is 1. The molecule has 2 aromatic rings. The number of halogens is 1. The number of methoxy groups -OCH3 is 1. The molecule has 2 atom stereocenters. The molecule has 0 aliphatic carbocycles. The van der Waals surface area contributed by atoms with E-state index in [4.69, 9.17) is 11.6 Å². The highest BCUT2D eigenvalue weighted by Crippen LogP contribution is 2.26. The molecule has 2 N–H and O–H groups in total. The van der Waals surface area contributed by atoms with Crippen molar-refractivity contribution >= 4 is 35.2 Å². The van der Waals surface area contributed by atoms with Crippen LogP contribution in [0.25, 0.3) is 11.1 Å². The monoisotopic (exact) mass is 457 g/mol. The van der Waals surface area contributed by atoms with Gasteiger partial charge in [-0.2, -0.15) is 0 Å². The molecule has 8 heteroatoms. The van der Waals surface area contributed by atoms with Crippen LogP contribution in [0.4, 0.5) is 10.5 Å². The van der Waals surface area contributed by atoms with Crippen LogP contribution in [0.1, 0.15) is 26.7 Å². The van der Waals surface area contributed by atoms with E-state index in [-0.39, 0.29) is 17.7 Å². The van der Waals surface area contributed by atoms with E-state index in [1.54, 1.807) is 4.90 Å². The predicted molar refractivity (Wildman–Crippen MR) is 124 cm³/mol. The van der Waals surface area contributed by atoms with Crippen molar-refractivity contribution in [3.8, 4) is 11.1 Å². The number of rotatable bonds is 6. The zero-order chi connectivity index (χ0) is 23.3. The number of hydrogen-bond acceptors (Lipinski definition) is 4. The van der Waals surface area contributed by atoms with Gasteiger partial charge in [-0.05, 0) is 54.2 Å². The zero-order valence-electron chi connectivity index (χ0n) is 18.4. The SMILES string of the molecule is COC(=O)NC(C(=O)N1CCCC1C(=O)Nc1cccc(-c2ccc(Cl)cc2)c1)C(C)C. The molecule has 32 heavy (non-hydrogen) atoms. The van der Waals surface area contributed by atoms with Crippen molar-refractivity contribution in [1.82, 2.24) is 10.2 Å². The number of benzene rings is 2. The van der Waals surface area contributed by atoms with Gasteiger partial charge in [-0.15, -0.1) is 0 Å².